The second-order valence-electron chi connectivity index (χ2n) is 10.4. The Bertz CT molecular complexity index is 1620. The lowest BCUT2D eigenvalue weighted by atomic mass is 9.87. The van der Waals surface area contributed by atoms with Crippen molar-refractivity contribution in [1.82, 2.24) is 9.97 Å². The van der Waals surface area contributed by atoms with Crippen molar-refractivity contribution in [1.29, 1.82) is 0 Å². The van der Waals surface area contributed by atoms with Crippen LogP contribution in [0.4, 0.5) is 5.13 Å². The van der Waals surface area contributed by atoms with E-state index in [1.807, 2.05) is 26.0 Å². The van der Waals surface area contributed by atoms with Crippen molar-refractivity contribution in [3.63, 3.8) is 0 Å². The Hall–Kier alpha value is -4.24. The van der Waals surface area contributed by atoms with Crippen LogP contribution < -0.4 is 14.4 Å². The van der Waals surface area contributed by atoms with Crippen molar-refractivity contribution < 1.29 is 24.2 Å². The number of thiazole rings is 1. The zero-order chi connectivity index (χ0) is 28.6. The van der Waals surface area contributed by atoms with Crippen molar-refractivity contribution in [3.05, 3.63) is 83.2 Å². The molecule has 1 aliphatic heterocycles. The summed E-state index contributed by atoms with van der Waals surface area (Å²) in [7, 11) is 0. The Kier molecular flexibility index (Phi) is 7.33. The van der Waals surface area contributed by atoms with Gasteiger partial charge < -0.3 is 14.6 Å². The minimum atomic E-state index is -0.933. The molecule has 9 heteroatoms. The van der Waals surface area contributed by atoms with Gasteiger partial charge in [0.15, 0.2) is 5.13 Å². The molecule has 2 aromatic heterocycles. The van der Waals surface area contributed by atoms with E-state index in [1.165, 1.54) is 16.2 Å². The molecule has 1 aliphatic rings. The summed E-state index contributed by atoms with van der Waals surface area (Å²) in [5.74, 6) is -1.00. The summed E-state index contributed by atoms with van der Waals surface area (Å²) in [4.78, 5) is 37.5. The first-order chi connectivity index (χ1) is 19.1. The normalized spacial score (nSPS) is 17.0. The number of fused-ring (bicyclic) bond motifs is 1. The van der Waals surface area contributed by atoms with Crippen LogP contribution in [0.2, 0.25) is 0 Å². The molecule has 0 aliphatic carbocycles. The van der Waals surface area contributed by atoms with Gasteiger partial charge in [0.1, 0.15) is 17.3 Å². The van der Waals surface area contributed by atoms with E-state index in [0.29, 0.717) is 35.4 Å². The number of anilines is 1. The Balaban J connectivity index is 1.69. The van der Waals surface area contributed by atoms with Gasteiger partial charge in [-0.1, -0.05) is 44.2 Å². The molecule has 5 rings (SSSR count). The average Bonchev–Trinajstić information content (AvgIpc) is 3.46. The van der Waals surface area contributed by atoms with E-state index in [1.54, 1.807) is 42.7 Å². The molecule has 1 amide bonds. The molecular formula is C31H31N3O5S. The standard InChI is InChI=1S/C31H31N3O5S/c1-6-38-20-11-12-21(23(16-20)39-7-2)27(35)25-26(18-9-8-14-32-17-18)34(29(37)28(25)36)30-33-22-13-10-19(31(3,4)5)15-24(22)40-30/h8-17,26,35H,6-7H2,1-5H3/b27-25+. The molecule has 4 aromatic rings. The molecule has 40 heavy (non-hydrogen) atoms. The van der Waals surface area contributed by atoms with Crippen LogP contribution in [0.1, 0.15) is 57.4 Å². The van der Waals surface area contributed by atoms with Gasteiger partial charge in [-0.15, -0.1) is 0 Å². The summed E-state index contributed by atoms with van der Waals surface area (Å²) in [5.41, 5.74) is 2.61. The molecule has 1 atom stereocenters. The van der Waals surface area contributed by atoms with Crippen LogP contribution in [-0.2, 0) is 15.0 Å². The highest BCUT2D eigenvalue weighted by atomic mass is 32.1. The molecule has 1 saturated heterocycles. The van der Waals surface area contributed by atoms with Crippen LogP contribution in [0.3, 0.4) is 0 Å². The number of carbonyl (C=O) groups is 2. The minimum Gasteiger partial charge on any atom is -0.507 e. The number of aromatic nitrogens is 2. The zero-order valence-electron chi connectivity index (χ0n) is 23.1. The number of nitrogens with zero attached hydrogens (tertiary/aromatic N) is 3. The van der Waals surface area contributed by atoms with E-state index >= 15 is 0 Å². The Morgan fingerprint density at radius 1 is 1.05 bits per heavy atom. The van der Waals surface area contributed by atoms with Crippen LogP contribution in [0, 0.1) is 0 Å². The number of hydrogen-bond donors (Lipinski definition) is 1. The summed E-state index contributed by atoms with van der Waals surface area (Å²) in [5, 5.41) is 12.0. The maximum Gasteiger partial charge on any atom is 0.301 e. The number of carbonyl (C=O) groups excluding carboxylic acids is 2. The molecule has 3 heterocycles. The molecule has 1 unspecified atom stereocenters. The third-order valence-corrected chi connectivity index (χ3v) is 7.73. The number of aliphatic hydroxyl groups is 1. The van der Waals surface area contributed by atoms with Crippen LogP contribution in [-0.4, -0.2) is 40.0 Å². The fraction of sp³-hybridized carbons (Fsp3) is 0.290. The van der Waals surface area contributed by atoms with Gasteiger partial charge in [-0.25, -0.2) is 4.98 Å². The zero-order valence-corrected chi connectivity index (χ0v) is 23.9. The molecule has 1 N–H and O–H groups in total. The van der Waals surface area contributed by atoms with E-state index in [9.17, 15) is 14.7 Å². The van der Waals surface area contributed by atoms with Gasteiger partial charge in [-0.05, 0) is 60.7 Å². The average molecular weight is 558 g/mol. The summed E-state index contributed by atoms with van der Waals surface area (Å²) < 4.78 is 12.3. The van der Waals surface area contributed by atoms with Crippen molar-refractivity contribution >= 4 is 44.1 Å². The maximum absolute atomic E-state index is 13.6. The second-order valence-corrected chi connectivity index (χ2v) is 11.4. The predicted molar refractivity (Wildman–Crippen MR) is 156 cm³/mol. The third-order valence-electron chi connectivity index (χ3n) is 6.71. The molecule has 8 nitrogen and oxygen atoms in total. The summed E-state index contributed by atoms with van der Waals surface area (Å²) >= 11 is 1.33. The highest BCUT2D eigenvalue weighted by Gasteiger charge is 2.48. The van der Waals surface area contributed by atoms with Gasteiger partial charge in [0, 0.05) is 18.5 Å². The summed E-state index contributed by atoms with van der Waals surface area (Å²) in [6.45, 7) is 10.9. The highest BCUT2D eigenvalue weighted by Crippen LogP contribution is 2.45. The lowest BCUT2D eigenvalue weighted by Crippen LogP contribution is -2.29. The quantitative estimate of drug-likeness (QED) is 0.159. The lowest BCUT2D eigenvalue weighted by Gasteiger charge is -2.23. The van der Waals surface area contributed by atoms with E-state index in [0.717, 1.165) is 15.8 Å². The van der Waals surface area contributed by atoms with E-state index in [2.05, 4.69) is 31.8 Å². The summed E-state index contributed by atoms with van der Waals surface area (Å²) in [6.07, 6.45) is 3.20. The van der Waals surface area contributed by atoms with E-state index in [4.69, 9.17) is 14.5 Å². The van der Waals surface area contributed by atoms with Gasteiger partial charge >= 0.3 is 5.91 Å². The number of hydrogen-bond acceptors (Lipinski definition) is 8. The first-order valence-corrected chi connectivity index (χ1v) is 14.0. The number of aliphatic hydroxyl groups excluding tert-OH is 1. The SMILES string of the molecule is CCOc1ccc(/C(O)=C2\C(=O)C(=O)N(c3nc4ccc(C(C)(C)C)cc4s3)C2c2cccnc2)c(OCC)c1. The first-order valence-electron chi connectivity index (χ1n) is 13.2. The highest BCUT2D eigenvalue weighted by molar-refractivity contribution is 7.22. The Morgan fingerprint density at radius 2 is 1.82 bits per heavy atom. The van der Waals surface area contributed by atoms with Crippen molar-refractivity contribution in [2.75, 3.05) is 18.1 Å². The largest absolute Gasteiger partial charge is 0.507 e. The number of pyridine rings is 1. The minimum absolute atomic E-state index is 0.0576. The Morgan fingerprint density at radius 3 is 2.50 bits per heavy atom. The molecule has 1 fully saturated rings. The number of ether oxygens (including phenoxy) is 2. The summed E-state index contributed by atoms with van der Waals surface area (Å²) in [6, 6.07) is 13.6. The fourth-order valence-corrected chi connectivity index (χ4v) is 5.77. The molecule has 0 saturated carbocycles. The van der Waals surface area contributed by atoms with Crippen LogP contribution in [0.25, 0.3) is 16.0 Å². The van der Waals surface area contributed by atoms with E-state index < -0.39 is 17.7 Å². The number of Topliss-reactive ketones (excluding diaryl/α,β-unsaturated/α-hetero) is 1. The third kappa shape index (κ3) is 4.93. The fourth-order valence-electron chi connectivity index (χ4n) is 4.74. The number of benzene rings is 2. The van der Waals surface area contributed by atoms with Gasteiger partial charge in [-0.2, -0.15) is 0 Å². The van der Waals surface area contributed by atoms with Crippen LogP contribution in [0.15, 0.2) is 66.5 Å². The maximum atomic E-state index is 13.6. The second kappa shape index (κ2) is 10.7. The molecular weight excluding hydrogens is 526 g/mol. The molecule has 0 spiro atoms. The van der Waals surface area contributed by atoms with Gasteiger partial charge in [0.05, 0.1) is 40.6 Å². The molecule has 0 radical (unpaired) electrons. The van der Waals surface area contributed by atoms with Gasteiger partial charge in [0.2, 0.25) is 0 Å². The van der Waals surface area contributed by atoms with Gasteiger partial charge in [-0.3, -0.25) is 19.5 Å². The van der Waals surface area contributed by atoms with Crippen molar-refractivity contribution in [2.45, 2.75) is 46.1 Å². The molecule has 2 aromatic carbocycles. The van der Waals surface area contributed by atoms with Crippen LogP contribution >= 0.6 is 11.3 Å². The topological polar surface area (TPSA) is 102 Å². The smallest absolute Gasteiger partial charge is 0.301 e. The predicted octanol–water partition coefficient (Wildman–Crippen LogP) is 6.41. The Labute approximate surface area is 236 Å². The monoisotopic (exact) mass is 557 g/mol. The molecule has 206 valence electrons. The van der Waals surface area contributed by atoms with Crippen molar-refractivity contribution in [3.8, 4) is 11.5 Å². The number of rotatable bonds is 7. The van der Waals surface area contributed by atoms with E-state index in [-0.39, 0.29) is 22.3 Å². The van der Waals surface area contributed by atoms with Crippen LogP contribution in [0.5, 0.6) is 11.5 Å². The lowest BCUT2D eigenvalue weighted by molar-refractivity contribution is -0.132. The number of amides is 1. The van der Waals surface area contributed by atoms with Gasteiger partial charge in [0.25, 0.3) is 5.78 Å². The number of ketones is 1. The van der Waals surface area contributed by atoms with Crippen molar-refractivity contribution in [2.24, 2.45) is 0 Å². The molecule has 0 bridgehead atoms. The first kappa shape index (κ1) is 27.3.